The van der Waals surface area contributed by atoms with E-state index in [1.807, 2.05) is 5.32 Å². The molecule has 0 aromatic heterocycles. The van der Waals surface area contributed by atoms with Crippen molar-refractivity contribution < 1.29 is 22.7 Å². The summed E-state index contributed by atoms with van der Waals surface area (Å²) in [5, 5.41) is 1.98. The second-order valence-corrected chi connectivity index (χ2v) is 4.43. The number of alkyl carbamates (subject to hydrolysis) is 1. The van der Waals surface area contributed by atoms with Gasteiger partial charge in [0.2, 0.25) is 0 Å². The molecule has 100 valence electrons. The van der Waals surface area contributed by atoms with Crippen LogP contribution in [0.15, 0.2) is 22.7 Å². The van der Waals surface area contributed by atoms with Gasteiger partial charge in [0.05, 0.1) is 0 Å². The molecule has 1 aromatic rings. The third-order valence-corrected chi connectivity index (χ3v) is 3.07. The molecule has 1 atom stereocenters. The maximum Gasteiger partial charge on any atom is 0.408 e. The largest absolute Gasteiger partial charge is 0.443 e. The van der Waals surface area contributed by atoms with Gasteiger partial charge in [-0.2, -0.15) is 0 Å². The predicted molar refractivity (Wildman–Crippen MR) is 63.5 cm³/mol. The van der Waals surface area contributed by atoms with E-state index in [0.717, 1.165) is 12.1 Å². The average Bonchev–Trinajstić information content (AvgIpc) is 2.26. The highest BCUT2D eigenvalue weighted by molar-refractivity contribution is 9.10. The molecule has 1 saturated heterocycles. The van der Waals surface area contributed by atoms with E-state index in [4.69, 9.17) is 0 Å². The molecule has 1 aliphatic rings. The molecule has 1 fully saturated rings. The van der Waals surface area contributed by atoms with Crippen LogP contribution in [-0.4, -0.2) is 18.6 Å². The lowest BCUT2D eigenvalue weighted by Crippen LogP contribution is -2.49. The molecule has 1 heterocycles. The standard InChI is InChI=1S/C10H7BrF3NO2.ClH/c11-7-2-1-5(12)3-6(7)8-10(13,14)4-17-9(16)15-8;/h1-3,8H,4H2,(H,15,16);1H/t8-;/m0./s1. The number of benzene rings is 1. The summed E-state index contributed by atoms with van der Waals surface area (Å²) in [4.78, 5) is 11.0. The first-order chi connectivity index (χ1) is 7.90. The summed E-state index contributed by atoms with van der Waals surface area (Å²) in [6.45, 7) is -1.02. The minimum absolute atomic E-state index is 0. The molecule has 0 bridgehead atoms. The quantitative estimate of drug-likeness (QED) is 0.846. The van der Waals surface area contributed by atoms with Crippen LogP contribution in [0.4, 0.5) is 18.0 Å². The van der Waals surface area contributed by atoms with Gasteiger partial charge in [-0.3, -0.25) is 0 Å². The third-order valence-electron chi connectivity index (χ3n) is 2.35. The normalized spacial score (nSPS) is 21.6. The molecule has 18 heavy (non-hydrogen) atoms. The van der Waals surface area contributed by atoms with E-state index in [0.29, 0.717) is 4.47 Å². The zero-order valence-corrected chi connectivity index (χ0v) is 11.2. The molecule has 1 aromatic carbocycles. The first-order valence-corrected chi connectivity index (χ1v) is 5.45. The van der Waals surface area contributed by atoms with Crippen LogP contribution < -0.4 is 5.32 Å². The van der Waals surface area contributed by atoms with Gasteiger partial charge in [-0.15, -0.1) is 12.4 Å². The van der Waals surface area contributed by atoms with Crippen molar-refractivity contribution in [2.24, 2.45) is 0 Å². The summed E-state index contributed by atoms with van der Waals surface area (Å²) in [5.41, 5.74) is -0.0216. The van der Waals surface area contributed by atoms with E-state index < -0.39 is 30.5 Å². The van der Waals surface area contributed by atoms with Crippen molar-refractivity contribution in [3.05, 3.63) is 34.1 Å². The first-order valence-electron chi connectivity index (χ1n) is 4.66. The number of hydrogen-bond acceptors (Lipinski definition) is 2. The summed E-state index contributed by atoms with van der Waals surface area (Å²) in [5.74, 6) is -3.94. The van der Waals surface area contributed by atoms with Crippen LogP contribution >= 0.6 is 28.3 Å². The Kier molecular flexibility index (Phi) is 4.50. The summed E-state index contributed by atoms with van der Waals surface area (Å²) in [6.07, 6.45) is -0.947. The number of cyclic esters (lactones) is 1. The van der Waals surface area contributed by atoms with E-state index in [9.17, 15) is 18.0 Å². The van der Waals surface area contributed by atoms with E-state index >= 15 is 0 Å². The lowest BCUT2D eigenvalue weighted by molar-refractivity contribution is -0.104. The molecule has 0 unspecified atom stereocenters. The van der Waals surface area contributed by atoms with Gasteiger partial charge in [0.25, 0.3) is 0 Å². The van der Waals surface area contributed by atoms with Crippen LogP contribution in [0.1, 0.15) is 11.6 Å². The van der Waals surface area contributed by atoms with E-state index in [2.05, 4.69) is 20.7 Å². The minimum atomic E-state index is -3.29. The number of halogens is 5. The minimum Gasteiger partial charge on any atom is -0.443 e. The Morgan fingerprint density at radius 2 is 2.11 bits per heavy atom. The molecule has 0 radical (unpaired) electrons. The molecule has 0 saturated carbocycles. The molecule has 2 rings (SSSR count). The first kappa shape index (κ1) is 15.1. The maximum absolute atomic E-state index is 13.6. The zero-order chi connectivity index (χ0) is 12.6. The lowest BCUT2D eigenvalue weighted by Gasteiger charge is -2.32. The number of hydrogen-bond donors (Lipinski definition) is 1. The fourth-order valence-corrected chi connectivity index (χ4v) is 2.03. The number of rotatable bonds is 1. The molecule has 0 aliphatic carbocycles. The Labute approximate surface area is 115 Å². The Morgan fingerprint density at radius 1 is 1.44 bits per heavy atom. The summed E-state index contributed by atoms with van der Waals surface area (Å²) in [7, 11) is 0. The highest BCUT2D eigenvalue weighted by Gasteiger charge is 2.47. The van der Waals surface area contributed by atoms with Gasteiger partial charge in [-0.05, 0) is 23.8 Å². The Bertz CT molecular complexity index is 472. The van der Waals surface area contributed by atoms with Gasteiger partial charge in [0.1, 0.15) is 11.9 Å². The van der Waals surface area contributed by atoms with Crippen molar-refractivity contribution in [3.63, 3.8) is 0 Å². The van der Waals surface area contributed by atoms with Crippen LogP contribution in [0, 0.1) is 5.82 Å². The number of carbonyl (C=O) groups excluding carboxylic acids is 1. The highest BCUT2D eigenvalue weighted by Crippen LogP contribution is 2.37. The molecule has 1 N–H and O–H groups in total. The number of nitrogens with one attached hydrogen (secondary N) is 1. The van der Waals surface area contributed by atoms with Crippen molar-refractivity contribution in [2.45, 2.75) is 12.0 Å². The van der Waals surface area contributed by atoms with Crippen LogP contribution in [0.25, 0.3) is 0 Å². The smallest absolute Gasteiger partial charge is 0.408 e. The Hall–Kier alpha value is -0.950. The average molecular weight is 347 g/mol. The summed E-state index contributed by atoms with van der Waals surface area (Å²) in [6, 6.07) is 1.79. The molecule has 8 heteroatoms. The second kappa shape index (κ2) is 5.36. The van der Waals surface area contributed by atoms with E-state index in [1.54, 1.807) is 0 Å². The van der Waals surface area contributed by atoms with Crippen molar-refractivity contribution >= 4 is 34.4 Å². The third kappa shape index (κ3) is 2.89. The van der Waals surface area contributed by atoms with Crippen LogP contribution in [0.5, 0.6) is 0 Å². The highest BCUT2D eigenvalue weighted by atomic mass is 79.9. The van der Waals surface area contributed by atoms with Gasteiger partial charge >= 0.3 is 12.0 Å². The topological polar surface area (TPSA) is 38.3 Å². The van der Waals surface area contributed by atoms with Crippen molar-refractivity contribution in [3.8, 4) is 0 Å². The van der Waals surface area contributed by atoms with Crippen LogP contribution in [0.3, 0.4) is 0 Å². The Morgan fingerprint density at radius 3 is 2.78 bits per heavy atom. The number of alkyl halides is 2. The Balaban J connectivity index is 0.00000162. The van der Waals surface area contributed by atoms with Gasteiger partial charge in [0.15, 0.2) is 6.61 Å². The molecular weight excluding hydrogens is 338 g/mol. The number of amides is 1. The molecule has 1 aliphatic heterocycles. The van der Waals surface area contributed by atoms with E-state index in [-0.39, 0.29) is 18.0 Å². The molecule has 1 amide bonds. The fraction of sp³-hybridized carbons (Fsp3) is 0.300. The van der Waals surface area contributed by atoms with Crippen molar-refractivity contribution in [1.82, 2.24) is 5.32 Å². The van der Waals surface area contributed by atoms with Gasteiger partial charge < -0.3 is 10.1 Å². The summed E-state index contributed by atoms with van der Waals surface area (Å²) < 4.78 is 44.7. The zero-order valence-electron chi connectivity index (χ0n) is 8.75. The SMILES string of the molecule is Cl.O=C1N[C@@H](c2cc(F)ccc2Br)C(F)(F)CO1. The maximum atomic E-state index is 13.6. The fourth-order valence-electron chi connectivity index (χ4n) is 1.55. The number of carbonyl (C=O) groups is 1. The summed E-state index contributed by atoms with van der Waals surface area (Å²) >= 11 is 3.05. The van der Waals surface area contributed by atoms with Gasteiger partial charge in [-0.25, -0.2) is 18.0 Å². The lowest BCUT2D eigenvalue weighted by atomic mass is 10.00. The molecule has 0 spiro atoms. The van der Waals surface area contributed by atoms with E-state index in [1.165, 1.54) is 6.07 Å². The van der Waals surface area contributed by atoms with Crippen molar-refractivity contribution in [2.75, 3.05) is 6.61 Å². The molecule has 3 nitrogen and oxygen atoms in total. The van der Waals surface area contributed by atoms with Gasteiger partial charge in [-0.1, -0.05) is 15.9 Å². The monoisotopic (exact) mass is 345 g/mol. The van der Waals surface area contributed by atoms with Crippen LogP contribution in [0.2, 0.25) is 0 Å². The molecular formula is C10H8BrClF3NO2. The number of ether oxygens (including phenoxy) is 1. The second-order valence-electron chi connectivity index (χ2n) is 3.58. The van der Waals surface area contributed by atoms with Gasteiger partial charge in [0, 0.05) is 4.47 Å². The predicted octanol–water partition coefficient (Wildman–Crippen LogP) is 3.43. The van der Waals surface area contributed by atoms with Crippen LogP contribution in [-0.2, 0) is 4.74 Å². The van der Waals surface area contributed by atoms with Crippen molar-refractivity contribution in [1.29, 1.82) is 0 Å².